The van der Waals surface area contributed by atoms with Crippen LogP contribution in [0.2, 0.25) is 0 Å². The molecule has 1 aliphatic carbocycles. The fourth-order valence-electron chi connectivity index (χ4n) is 2.50. The summed E-state index contributed by atoms with van der Waals surface area (Å²) < 4.78 is 0. The third-order valence-electron chi connectivity index (χ3n) is 3.64. The highest BCUT2D eigenvalue weighted by Crippen LogP contribution is 2.28. The molecule has 19 heavy (non-hydrogen) atoms. The molecule has 0 heterocycles. The van der Waals surface area contributed by atoms with E-state index in [2.05, 4.69) is 22.8 Å². The number of nitrogens with two attached hydrogens (primary N) is 1. The third kappa shape index (κ3) is 3.88. The average Bonchev–Trinajstić information content (AvgIpc) is 2.92. The van der Waals surface area contributed by atoms with Crippen LogP contribution in [0.1, 0.15) is 30.4 Å². The van der Waals surface area contributed by atoms with E-state index < -0.39 is 0 Å². The molecule has 0 bridgehead atoms. The average molecular weight is 279 g/mol. The molecular weight excluding hydrogens is 258 g/mol. The predicted octanol–water partition coefficient (Wildman–Crippen LogP) is 2.15. The monoisotopic (exact) mass is 279 g/mol. The zero-order valence-electron chi connectivity index (χ0n) is 11.2. The lowest BCUT2D eigenvalue weighted by Crippen LogP contribution is -2.26. The van der Waals surface area contributed by atoms with Gasteiger partial charge in [0.05, 0.1) is 0 Å². The molecular formula is C14H21N3OS. The summed E-state index contributed by atoms with van der Waals surface area (Å²) in [6.45, 7) is 0.832. The SMILES string of the molecule is CSC1CCC(NCc2cccc(/C(N)=N/O)c2)C1. The van der Waals surface area contributed by atoms with Crippen LogP contribution in [0, 0.1) is 0 Å². The first-order valence-corrected chi connectivity index (χ1v) is 7.84. The third-order valence-corrected chi connectivity index (χ3v) is 4.74. The van der Waals surface area contributed by atoms with Crippen molar-refractivity contribution in [2.24, 2.45) is 10.9 Å². The van der Waals surface area contributed by atoms with E-state index >= 15 is 0 Å². The summed E-state index contributed by atoms with van der Waals surface area (Å²) in [7, 11) is 0. The first-order chi connectivity index (χ1) is 9.22. The second kappa shape index (κ2) is 6.82. The molecule has 1 aromatic rings. The Morgan fingerprint density at radius 2 is 2.37 bits per heavy atom. The first kappa shape index (κ1) is 14.2. The highest BCUT2D eigenvalue weighted by atomic mass is 32.2. The molecule has 5 heteroatoms. The quantitative estimate of drug-likeness (QED) is 0.334. The molecule has 1 aromatic carbocycles. The highest BCUT2D eigenvalue weighted by molar-refractivity contribution is 7.99. The van der Waals surface area contributed by atoms with Crippen LogP contribution in [-0.4, -0.2) is 28.6 Å². The van der Waals surface area contributed by atoms with Gasteiger partial charge in [-0.1, -0.05) is 23.4 Å². The molecule has 1 saturated carbocycles. The normalized spacial score (nSPS) is 23.7. The Morgan fingerprint density at radius 1 is 1.53 bits per heavy atom. The maximum atomic E-state index is 8.68. The van der Waals surface area contributed by atoms with Gasteiger partial charge in [-0.2, -0.15) is 11.8 Å². The number of rotatable bonds is 5. The van der Waals surface area contributed by atoms with Gasteiger partial charge in [-0.3, -0.25) is 0 Å². The van der Waals surface area contributed by atoms with Gasteiger partial charge in [0.1, 0.15) is 0 Å². The molecule has 0 aromatic heterocycles. The number of amidine groups is 1. The molecule has 2 atom stereocenters. The van der Waals surface area contributed by atoms with Gasteiger partial charge in [-0.05, 0) is 37.1 Å². The van der Waals surface area contributed by atoms with E-state index in [1.807, 2.05) is 30.0 Å². The van der Waals surface area contributed by atoms with Gasteiger partial charge in [0.2, 0.25) is 0 Å². The molecule has 1 aliphatic rings. The molecule has 0 spiro atoms. The summed E-state index contributed by atoms with van der Waals surface area (Å²) in [5.74, 6) is 0.158. The largest absolute Gasteiger partial charge is 0.409 e. The molecule has 2 rings (SSSR count). The second-order valence-corrected chi connectivity index (χ2v) is 6.07. The lowest BCUT2D eigenvalue weighted by molar-refractivity contribution is 0.318. The van der Waals surface area contributed by atoms with E-state index in [9.17, 15) is 0 Å². The maximum absolute atomic E-state index is 8.68. The van der Waals surface area contributed by atoms with Crippen molar-refractivity contribution in [2.75, 3.05) is 6.26 Å². The Morgan fingerprint density at radius 3 is 3.05 bits per heavy atom. The zero-order chi connectivity index (χ0) is 13.7. The van der Waals surface area contributed by atoms with Crippen LogP contribution in [0.5, 0.6) is 0 Å². The van der Waals surface area contributed by atoms with Gasteiger partial charge in [0.25, 0.3) is 0 Å². The van der Waals surface area contributed by atoms with Gasteiger partial charge >= 0.3 is 0 Å². The van der Waals surface area contributed by atoms with Crippen LogP contribution in [0.15, 0.2) is 29.4 Å². The van der Waals surface area contributed by atoms with E-state index in [0.717, 1.165) is 22.9 Å². The molecule has 4 nitrogen and oxygen atoms in total. The van der Waals surface area contributed by atoms with Crippen LogP contribution in [0.25, 0.3) is 0 Å². The van der Waals surface area contributed by atoms with Crippen molar-refractivity contribution in [3.8, 4) is 0 Å². The van der Waals surface area contributed by atoms with Gasteiger partial charge in [-0.15, -0.1) is 0 Å². The lowest BCUT2D eigenvalue weighted by atomic mass is 10.1. The smallest absolute Gasteiger partial charge is 0.170 e. The number of hydrogen-bond acceptors (Lipinski definition) is 4. The Bertz CT molecular complexity index is 450. The Hall–Kier alpha value is -1.20. The number of oxime groups is 1. The van der Waals surface area contributed by atoms with Crippen LogP contribution >= 0.6 is 11.8 Å². The molecule has 4 N–H and O–H groups in total. The molecule has 0 saturated heterocycles. The molecule has 104 valence electrons. The molecule has 2 unspecified atom stereocenters. The molecule has 0 aliphatic heterocycles. The van der Waals surface area contributed by atoms with Crippen LogP contribution in [0.4, 0.5) is 0 Å². The number of nitrogens with one attached hydrogen (secondary N) is 1. The Kier molecular flexibility index (Phi) is 5.10. The van der Waals surface area contributed by atoms with Gasteiger partial charge in [0.15, 0.2) is 5.84 Å². The molecule has 1 fully saturated rings. The standard InChI is InChI=1S/C14H21N3OS/c1-19-13-6-5-12(8-13)16-9-10-3-2-4-11(7-10)14(15)17-18/h2-4,7,12-13,16,18H,5-6,8-9H2,1H3,(H2,15,17). The summed E-state index contributed by atoms with van der Waals surface area (Å²) >= 11 is 1.97. The van der Waals surface area contributed by atoms with Crippen LogP contribution in [0.3, 0.4) is 0 Å². The van der Waals surface area contributed by atoms with E-state index in [4.69, 9.17) is 10.9 Å². The minimum atomic E-state index is 0.158. The van der Waals surface area contributed by atoms with Crippen molar-refractivity contribution in [1.82, 2.24) is 5.32 Å². The summed E-state index contributed by atoms with van der Waals surface area (Å²) in [6.07, 6.45) is 6.00. The van der Waals surface area contributed by atoms with E-state index in [1.54, 1.807) is 0 Å². The van der Waals surface area contributed by atoms with Crippen molar-refractivity contribution in [3.05, 3.63) is 35.4 Å². The Balaban J connectivity index is 1.90. The Labute approximate surface area is 118 Å². The van der Waals surface area contributed by atoms with Crippen molar-refractivity contribution in [3.63, 3.8) is 0 Å². The predicted molar refractivity (Wildman–Crippen MR) is 80.7 cm³/mol. The van der Waals surface area contributed by atoms with Gasteiger partial charge < -0.3 is 16.3 Å². The number of nitrogens with zero attached hydrogens (tertiary/aromatic N) is 1. The van der Waals surface area contributed by atoms with Gasteiger partial charge in [-0.25, -0.2) is 0 Å². The first-order valence-electron chi connectivity index (χ1n) is 6.56. The maximum Gasteiger partial charge on any atom is 0.170 e. The minimum absolute atomic E-state index is 0.158. The molecule has 0 amide bonds. The van der Waals surface area contributed by atoms with E-state index in [-0.39, 0.29) is 5.84 Å². The number of hydrogen-bond donors (Lipinski definition) is 3. The van der Waals surface area contributed by atoms with Crippen molar-refractivity contribution in [1.29, 1.82) is 0 Å². The summed E-state index contributed by atoms with van der Waals surface area (Å²) in [6, 6.07) is 8.41. The van der Waals surface area contributed by atoms with Crippen molar-refractivity contribution >= 4 is 17.6 Å². The van der Waals surface area contributed by atoms with Crippen molar-refractivity contribution < 1.29 is 5.21 Å². The highest BCUT2D eigenvalue weighted by Gasteiger charge is 2.23. The van der Waals surface area contributed by atoms with E-state index in [0.29, 0.717) is 6.04 Å². The fourth-order valence-corrected chi connectivity index (χ4v) is 3.30. The number of thioether (sulfide) groups is 1. The van der Waals surface area contributed by atoms with Crippen molar-refractivity contribution in [2.45, 2.75) is 37.1 Å². The van der Waals surface area contributed by atoms with Crippen LogP contribution in [-0.2, 0) is 6.54 Å². The summed E-state index contributed by atoms with van der Waals surface area (Å²) in [4.78, 5) is 0. The zero-order valence-corrected chi connectivity index (χ0v) is 12.0. The van der Waals surface area contributed by atoms with Crippen LogP contribution < -0.4 is 11.1 Å². The summed E-state index contributed by atoms with van der Waals surface area (Å²) in [5.41, 5.74) is 7.52. The summed E-state index contributed by atoms with van der Waals surface area (Å²) in [5, 5.41) is 16.1. The lowest BCUT2D eigenvalue weighted by Gasteiger charge is -2.13. The minimum Gasteiger partial charge on any atom is -0.409 e. The molecule has 0 radical (unpaired) electrons. The van der Waals surface area contributed by atoms with Gasteiger partial charge in [0, 0.05) is 23.4 Å². The second-order valence-electron chi connectivity index (χ2n) is 4.93. The fraction of sp³-hybridized carbons (Fsp3) is 0.500. The number of benzene rings is 1. The topological polar surface area (TPSA) is 70.6 Å². The van der Waals surface area contributed by atoms with E-state index in [1.165, 1.54) is 19.3 Å².